The molecular weight excluding hydrogens is 1300 g/mol. The third-order valence-corrected chi connectivity index (χ3v) is 23.4. The van der Waals surface area contributed by atoms with Crippen LogP contribution in [0, 0.1) is 0 Å². The van der Waals surface area contributed by atoms with E-state index >= 15 is 0 Å². The number of anilines is 6. The normalized spacial score (nSPS) is 12.4. The van der Waals surface area contributed by atoms with Crippen molar-refractivity contribution >= 4 is 110 Å². The highest BCUT2D eigenvalue weighted by Crippen LogP contribution is 2.57. The molecule has 4 heteroatoms. The van der Waals surface area contributed by atoms with Crippen molar-refractivity contribution in [2.24, 2.45) is 0 Å². The summed E-state index contributed by atoms with van der Waals surface area (Å²) in [5.41, 5.74) is 32.3. The summed E-state index contributed by atoms with van der Waals surface area (Å²) in [4.78, 5) is 5.46. The van der Waals surface area contributed by atoms with Gasteiger partial charge >= 0.3 is 0 Å². The van der Waals surface area contributed by atoms with Crippen LogP contribution in [0.4, 0.5) is 34.1 Å². The molecule has 0 spiro atoms. The van der Waals surface area contributed by atoms with Gasteiger partial charge in [-0.05, 0) is 181 Å². The molecule has 0 bridgehead atoms. The van der Waals surface area contributed by atoms with Crippen LogP contribution in [-0.2, 0) is 5.41 Å². The summed E-state index contributed by atoms with van der Waals surface area (Å²) in [6.45, 7) is 6.95. The lowest BCUT2D eigenvalue weighted by atomic mass is 9.33. The standard InChI is InChI=1S/C102H71BN2S/c1-102(2,3)77-64-93-98-94(65-77)105(100-87(70-40-19-8-20-41-70)60-76(67-34-13-5-14-35-67)61-88(100)71-42-21-9-22-43-71)92-63-74(97-82-49-27-25-47-80(82)96(72-44-23-10-24-45-72)81-48-26-28-50-83(81)97)55-57-90(92)103(98)89-56-54-73(78-51-31-52-84-79-46-29-30-53-95(79)106-101(78)84)62-91(89)104(93)99-85(68-36-15-6-16-37-68)58-75(66-32-11-4-12-33-66)59-86(99)69-38-17-7-18-39-69/h4-65H,1-3H3. The Labute approximate surface area is 623 Å². The van der Waals surface area contributed by atoms with E-state index in [1.807, 2.05) is 11.3 Å². The minimum absolute atomic E-state index is 0.249. The fraction of sp³-hybridized carbons (Fsp3) is 0.0392. The maximum atomic E-state index is 2.74. The molecule has 1 aromatic heterocycles. The Morgan fingerprint density at radius 3 is 1.00 bits per heavy atom. The van der Waals surface area contributed by atoms with Gasteiger partial charge in [0.2, 0.25) is 0 Å². The molecule has 0 aliphatic carbocycles. The lowest BCUT2D eigenvalue weighted by Crippen LogP contribution is -2.61. The van der Waals surface area contributed by atoms with Crippen LogP contribution >= 0.6 is 11.3 Å². The molecule has 2 aliphatic rings. The van der Waals surface area contributed by atoms with Gasteiger partial charge in [0, 0.05) is 65.2 Å². The van der Waals surface area contributed by atoms with E-state index in [0.717, 1.165) is 106 Å². The van der Waals surface area contributed by atoms with E-state index in [1.54, 1.807) is 0 Å². The smallest absolute Gasteiger partial charge is 0.252 e. The molecular formula is C102H71BN2S. The molecule has 20 rings (SSSR count). The van der Waals surface area contributed by atoms with Crippen LogP contribution in [0.1, 0.15) is 26.3 Å². The van der Waals surface area contributed by atoms with E-state index in [9.17, 15) is 0 Å². The number of hydrogen-bond acceptors (Lipinski definition) is 3. The van der Waals surface area contributed by atoms with Gasteiger partial charge in [-0.25, -0.2) is 0 Å². The van der Waals surface area contributed by atoms with Gasteiger partial charge in [0.25, 0.3) is 6.71 Å². The van der Waals surface area contributed by atoms with Crippen LogP contribution in [0.5, 0.6) is 0 Å². The van der Waals surface area contributed by atoms with Gasteiger partial charge in [-0.2, -0.15) is 0 Å². The minimum Gasteiger partial charge on any atom is -0.310 e. The fourth-order valence-corrected chi connectivity index (χ4v) is 18.5. The van der Waals surface area contributed by atoms with Crippen molar-refractivity contribution in [3.05, 3.63) is 382 Å². The monoisotopic (exact) mass is 1370 g/mol. The summed E-state index contributed by atoms with van der Waals surface area (Å²) < 4.78 is 2.58. The molecule has 2 nitrogen and oxygen atoms in total. The predicted molar refractivity (Wildman–Crippen MR) is 456 cm³/mol. The number of benzene rings is 17. The molecule has 17 aromatic carbocycles. The zero-order valence-electron chi connectivity index (χ0n) is 59.2. The van der Waals surface area contributed by atoms with Crippen molar-refractivity contribution in [1.29, 1.82) is 0 Å². The Morgan fingerprint density at radius 1 is 0.245 bits per heavy atom. The van der Waals surface area contributed by atoms with Crippen LogP contribution in [0.2, 0.25) is 0 Å². The Morgan fingerprint density at radius 2 is 0.585 bits per heavy atom. The van der Waals surface area contributed by atoms with Crippen LogP contribution in [0.25, 0.3) is 142 Å². The quantitative estimate of drug-likeness (QED) is 0.0941. The third kappa shape index (κ3) is 10.5. The Kier molecular flexibility index (Phi) is 15.1. The average Bonchev–Trinajstić information content (AvgIpc) is 0.746. The molecule has 0 radical (unpaired) electrons. The second-order valence-electron chi connectivity index (χ2n) is 29.4. The van der Waals surface area contributed by atoms with Crippen LogP contribution in [0.15, 0.2) is 376 Å². The second kappa shape index (κ2) is 25.5. The van der Waals surface area contributed by atoms with Gasteiger partial charge in [-0.1, -0.05) is 342 Å². The molecule has 498 valence electrons. The van der Waals surface area contributed by atoms with Crippen molar-refractivity contribution in [1.82, 2.24) is 0 Å². The topological polar surface area (TPSA) is 6.48 Å². The first-order valence-electron chi connectivity index (χ1n) is 36.9. The highest BCUT2D eigenvalue weighted by atomic mass is 32.1. The first kappa shape index (κ1) is 62.9. The van der Waals surface area contributed by atoms with Crippen molar-refractivity contribution in [2.45, 2.75) is 26.2 Å². The Bertz CT molecular complexity index is 6290. The van der Waals surface area contributed by atoms with Crippen LogP contribution in [-0.4, -0.2) is 6.71 Å². The van der Waals surface area contributed by atoms with E-state index in [0.29, 0.717) is 0 Å². The molecule has 0 saturated heterocycles. The number of nitrogens with zero attached hydrogens (tertiary/aromatic N) is 2. The fourth-order valence-electron chi connectivity index (χ4n) is 17.3. The first-order chi connectivity index (χ1) is 52.3. The van der Waals surface area contributed by atoms with Gasteiger partial charge in [-0.15, -0.1) is 11.3 Å². The predicted octanol–water partition coefficient (Wildman–Crippen LogP) is 26.7. The van der Waals surface area contributed by atoms with Crippen molar-refractivity contribution in [2.75, 3.05) is 9.80 Å². The van der Waals surface area contributed by atoms with E-state index in [4.69, 9.17) is 0 Å². The summed E-state index contributed by atoms with van der Waals surface area (Å²) in [6, 6.07) is 142. The number of rotatable bonds is 11. The van der Waals surface area contributed by atoms with Gasteiger partial charge in [0.15, 0.2) is 0 Å². The van der Waals surface area contributed by atoms with Gasteiger partial charge in [-0.3, -0.25) is 0 Å². The molecule has 0 saturated carbocycles. The molecule has 0 amide bonds. The van der Waals surface area contributed by atoms with Crippen LogP contribution in [0.3, 0.4) is 0 Å². The lowest BCUT2D eigenvalue weighted by molar-refractivity contribution is 0.590. The van der Waals surface area contributed by atoms with Crippen molar-refractivity contribution < 1.29 is 0 Å². The minimum atomic E-state index is -0.346. The Hall–Kier alpha value is -12.9. The first-order valence-corrected chi connectivity index (χ1v) is 37.7. The van der Waals surface area contributed by atoms with Crippen molar-refractivity contribution in [3.8, 4) is 100 Å². The van der Waals surface area contributed by atoms with Crippen LogP contribution < -0.4 is 26.2 Å². The van der Waals surface area contributed by atoms with E-state index in [1.165, 1.54) is 91.5 Å². The highest BCUT2D eigenvalue weighted by Gasteiger charge is 2.46. The molecule has 0 atom stereocenters. The zero-order chi connectivity index (χ0) is 70.6. The summed E-state index contributed by atoms with van der Waals surface area (Å²) in [6.07, 6.45) is 0. The maximum absolute atomic E-state index is 2.74. The second-order valence-corrected chi connectivity index (χ2v) is 30.4. The highest BCUT2D eigenvalue weighted by molar-refractivity contribution is 7.26. The lowest BCUT2D eigenvalue weighted by Gasteiger charge is -2.46. The average molecular weight is 1370 g/mol. The molecule has 0 unspecified atom stereocenters. The summed E-state index contributed by atoms with van der Waals surface area (Å²) in [5.74, 6) is 0. The Balaban J connectivity index is 0.964. The molecule has 0 fully saturated rings. The molecule has 18 aromatic rings. The third-order valence-electron chi connectivity index (χ3n) is 22.2. The van der Waals surface area contributed by atoms with E-state index in [2.05, 4.69) is 407 Å². The molecule has 3 heterocycles. The van der Waals surface area contributed by atoms with Gasteiger partial charge in [0.1, 0.15) is 0 Å². The summed E-state index contributed by atoms with van der Waals surface area (Å²) in [5, 5.41) is 7.44. The van der Waals surface area contributed by atoms with Gasteiger partial charge in [0.05, 0.1) is 11.4 Å². The molecule has 106 heavy (non-hydrogen) atoms. The number of thiophene rings is 1. The van der Waals surface area contributed by atoms with E-state index in [-0.39, 0.29) is 12.1 Å². The number of fused-ring (bicyclic) bond motifs is 9. The SMILES string of the molecule is CC(C)(C)c1cc2c3c(c1)N(c1c(-c4ccccc4)cc(-c4ccccc4)cc1-c1ccccc1)c1cc(-c4cccc5c4sc4ccccc45)ccc1B3c1ccc(-c3c4ccccc4c(-c4ccccc4)c4ccccc34)cc1N2c1c(-c2ccccc2)cc(-c2ccccc2)cc1-c1ccccc1. The van der Waals surface area contributed by atoms with Gasteiger partial charge < -0.3 is 9.80 Å². The zero-order valence-corrected chi connectivity index (χ0v) is 60.0. The summed E-state index contributed by atoms with van der Waals surface area (Å²) >= 11 is 1.89. The number of hydrogen-bond donors (Lipinski definition) is 0. The molecule has 0 N–H and O–H groups in total. The molecule has 2 aliphatic heterocycles. The maximum Gasteiger partial charge on any atom is 0.252 e. The van der Waals surface area contributed by atoms with Crippen molar-refractivity contribution in [3.63, 3.8) is 0 Å². The van der Waals surface area contributed by atoms with E-state index < -0.39 is 0 Å². The summed E-state index contributed by atoms with van der Waals surface area (Å²) in [7, 11) is 0. The largest absolute Gasteiger partial charge is 0.310 e.